The number of amides is 2. The average molecular weight is 445 g/mol. The molecule has 2 N–H and O–H groups in total. The van der Waals surface area contributed by atoms with Gasteiger partial charge in [0.05, 0.1) is 5.56 Å². The Morgan fingerprint density at radius 3 is 2.50 bits per heavy atom. The Balaban J connectivity index is 0.00000200. The van der Waals surface area contributed by atoms with Gasteiger partial charge in [-0.3, -0.25) is 14.6 Å². The van der Waals surface area contributed by atoms with Crippen LogP contribution in [-0.4, -0.2) is 43.0 Å². The summed E-state index contributed by atoms with van der Waals surface area (Å²) in [6, 6.07) is 3.33. The molecule has 1 aromatic rings. The molecule has 0 aliphatic carbocycles. The summed E-state index contributed by atoms with van der Waals surface area (Å²) in [5.41, 5.74) is 0.769. The van der Waals surface area contributed by atoms with Crippen LogP contribution in [0.15, 0.2) is 18.3 Å². The fourth-order valence-corrected chi connectivity index (χ4v) is 1.96. The number of hydrogen-bond donors (Lipinski definition) is 2. The number of hydrogen-bond acceptors (Lipinski definition) is 3. The Hall–Kier alpha value is -1.26. The molecule has 0 spiro atoms. The minimum Gasteiger partial charge on any atom is -0.662 e. The topological polar surface area (TPSA) is 85.2 Å². The zero-order chi connectivity index (χ0) is 13.7. The molecular formula is C13H17N4O2W-. The average Bonchev–Trinajstić information content (AvgIpc) is 2.47. The molecule has 1 aliphatic heterocycles. The monoisotopic (exact) mass is 445 g/mol. The van der Waals surface area contributed by atoms with Gasteiger partial charge >= 0.3 is 0 Å². The van der Waals surface area contributed by atoms with Gasteiger partial charge in [-0.05, 0) is 12.1 Å². The molecular weight excluding hydrogens is 428 g/mol. The van der Waals surface area contributed by atoms with Gasteiger partial charge in [-0.2, -0.15) is 0 Å². The molecule has 6 nitrogen and oxygen atoms in total. The minimum atomic E-state index is -0.214. The van der Waals surface area contributed by atoms with Crippen LogP contribution in [0.4, 0.5) is 0 Å². The summed E-state index contributed by atoms with van der Waals surface area (Å²) in [5.74, 6) is -0.413. The molecule has 1 aromatic heterocycles. The quantitative estimate of drug-likeness (QED) is 0.719. The Bertz CT molecular complexity index is 458. The molecule has 0 saturated carbocycles. The molecule has 0 aromatic carbocycles. The number of pyridine rings is 1. The van der Waals surface area contributed by atoms with E-state index in [1.165, 1.54) is 6.20 Å². The predicted octanol–water partition coefficient (Wildman–Crippen LogP) is 0.705. The van der Waals surface area contributed by atoms with Gasteiger partial charge in [0.25, 0.3) is 11.8 Å². The van der Waals surface area contributed by atoms with Crippen molar-refractivity contribution in [2.75, 3.05) is 20.1 Å². The number of carbonyl (C=O) groups excluding carboxylic acids is 2. The van der Waals surface area contributed by atoms with Gasteiger partial charge in [-0.15, -0.1) is 13.1 Å². The second-order valence-corrected chi connectivity index (χ2v) is 4.43. The van der Waals surface area contributed by atoms with E-state index < -0.39 is 0 Å². The summed E-state index contributed by atoms with van der Waals surface area (Å²) in [5, 5.41) is 9.68. The maximum absolute atomic E-state index is 12.0. The van der Waals surface area contributed by atoms with E-state index in [0.29, 0.717) is 11.3 Å². The summed E-state index contributed by atoms with van der Waals surface area (Å²) in [7, 11) is 1.55. The smallest absolute Gasteiger partial charge is 0.270 e. The molecule has 20 heavy (non-hydrogen) atoms. The number of rotatable bonds is 3. The fraction of sp³-hybridized carbons (Fsp3) is 0.462. The van der Waals surface area contributed by atoms with Gasteiger partial charge in [0.1, 0.15) is 5.69 Å². The molecule has 0 bridgehead atoms. The third kappa shape index (κ3) is 4.39. The van der Waals surface area contributed by atoms with E-state index in [9.17, 15) is 9.59 Å². The van der Waals surface area contributed by atoms with Crippen molar-refractivity contribution < 1.29 is 30.7 Å². The first-order chi connectivity index (χ1) is 9.20. The first-order valence-corrected chi connectivity index (χ1v) is 6.33. The minimum absolute atomic E-state index is 0. The van der Waals surface area contributed by atoms with Crippen molar-refractivity contribution in [3.63, 3.8) is 0 Å². The Labute approximate surface area is 132 Å². The zero-order valence-electron chi connectivity index (χ0n) is 11.3. The van der Waals surface area contributed by atoms with Crippen LogP contribution >= 0.6 is 0 Å². The van der Waals surface area contributed by atoms with Crippen LogP contribution in [0.1, 0.15) is 33.7 Å². The SMILES string of the molecule is CNC(=O)c1ccc(C(=O)NC2CC[N-]CC2)nc1.[W]. The molecule has 2 heterocycles. The van der Waals surface area contributed by atoms with Gasteiger partial charge in [-0.1, -0.05) is 12.8 Å². The van der Waals surface area contributed by atoms with E-state index >= 15 is 0 Å². The van der Waals surface area contributed by atoms with Crippen LogP contribution in [0.5, 0.6) is 0 Å². The van der Waals surface area contributed by atoms with Gasteiger partial charge in [0.15, 0.2) is 0 Å². The molecule has 0 radical (unpaired) electrons. The van der Waals surface area contributed by atoms with Gasteiger partial charge < -0.3 is 16.0 Å². The standard InChI is InChI=1S/C13H17N4O2.W/c1-14-12(18)9-2-3-11(16-8-9)13(19)17-10-4-6-15-7-5-10;/h2-3,8,10H,4-7H2,1H3,(H,14,18)(H,17,19);/q-1;. The Kier molecular flexibility index (Phi) is 6.82. The van der Waals surface area contributed by atoms with Gasteiger partial charge in [0, 0.05) is 40.4 Å². The van der Waals surface area contributed by atoms with Crippen molar-refractivity contribution in [2.45, 2.75) is 18.9 Å². The van der Waals surface area contributed by atoms with E-state index in [1.807, 2.05) is 0 Å². The van der Waals surface area contributed by atoms with Crippen LogP contribution in [0.3, 0.4) is 0 Å². The molecule has 7 heteroatoms. The third-order valence-corrected chi connectivity index (χ3v) is 3.09. The maximum Gasteiger partial charge on any atom is 0.270 e. The summed E-state index contributed by atoms with van der Waals surface area (Å²) in [6.07, 6.45) is 3.16. The summed E-state index contributed by atoms with van der Waals surface area (Å²) in [6.45, 7) is 1.60. The number of nitrogens with one attached hydrogen (secondary N) is 2. The van der Waals surface area contributed by atoms with Gasteiger partial charge in [0.2, 0.25) is 0 Å². The molecule has 2 amide bonds. The van der Waals surface area contributed by atoms with Gasteiger partial charge in [-0.25, -0.2) is 0 Å². The number of aromatic nitrogens is 1. The van der Waals surface area contributed by atoms with Crippen LogP contribution in [0.2, 0.25) is 0 Å². The summed E-state index contributed by atoms with van der Waals surface area (Å²) in [4.78, 5) is 27.3. The zero-order valence-corrected chi connectivity index (χ0v) is 14.2. The Morgan fingerprint density at radius 1 is 1.25 bits per heavy atom. The van der Waals surface area contributed by atoms with Crippen LogP contribution in [0.25, 0.3) is 5.32 Å². The molecule has 0 unspecified atom stereocenters. The number of carbonyl (C=O) groups is 2. The second kappa shape index (κ2) is 8.12. The summed E-state index contributed by atoms with van der Waals surface area (Å²) < 4.78 is 0. The molecule has 108 valence electrons. The number of piperidine rings is 1. The van der Waals surface area contributed by atoms with Crippen molar-refractivity contribution >= 4 is 11.8 Å². The van der Waals surface area contributed by atoms with Crippen molar-refractivity contribution in [3.05, 3.63) is 34.9 Å². The number of nitrogens with zero attached hydrogens (tertiary/aromatic N) is 2. The Morgan fingerprint density at radius 2 is 1.95 bits per heavy atom. The first-order valence-electron chi connectivity index (χ1n) is 6.33. The van der Waals surface area contributed by atoms with Crippen molar-refractivity contribution in [1.82, 2.24) is 15.6 Å². The van der Waals surface area contributed by atoms with Crippen LogP contribution in [-0.2, 0) is 21.1 Å². The van der Waals surface area contributed by atoms with Crippen LogP contribution in [0, 0.1) is 0 Å². The van der Waals surface area contributed by atoms with E-state index in [4.69, 9.17) is 0 Å². The van der Waals surface area contributed by atoms with Crippen molar-refractivity contribution in [3.8, 4) is 0 Å². The van der Waals surface area contributed by atoms with Crippen LogP contribution < -0.4 is 10.6 Å². The third-order valence-electron chi connectivity index (χ3n) is 3.09. The summed E-state index contributed by atoms with van der Waals surface area (Å²) >= 11 is 0. The van der Waals surface area contributed by atoms with Crippen molar-refractivity contribution in [1.29, 1.82) is 0 Å². The molecule has 1 saturated heterocycles. The molecule has 0 atom stereocenters. The molecule has 1 aliphatic rings. The fourth-order valence-electron chi connectivity index (χ4n) is 1.96. The van der Waals surface area contributed by atoms with Crippen molar-refractivity contribution in [2.24, 2.45) is 0 Å². The maximum atomic E-state index is 12.0. The van der Waals surface area contributed by atoms with E-state index in [-0.39, 0.29) is 38.9 Å². The second-order valence-electron chi connectivity index (χ2n) is 4.43. The van der Waals surface area contributed by atoms with E-state index in [0.717, 1.165) is 25.9 Å². The predicted molar refractivity (Wildman–Crippen MR) is 71.2 cm³/mol. The molecule has 1 fully saturated rings. The largest absolute Gasteiger partial charge is 0.662 e. The van der Waals surface area contributed by atoms with E-state index in [2.05, 4.69) is 20.9 Å². The molecule has 2 rings (SSSR count). The first kappa shape index (κ1) is 16.8. The van der Waals surface area contributed by atoms with E-state index in [1.54, 1.807) is 19.2 Å². The normalized spacial score (nSPS) is 15.1.